The Balaban J connectivity index is 1.44. The Morgan fingerprint density at radius 3 is 2.84 bits per heavy atom. The number of fused-ring (bicyclic) bond motifs is 1. The summed E-state index contributed by atoms with van der Waals surface area (Å²) in [5, 5.41) is 5.03. The van der Waals surface area contributed by atoms with Crippen LogP contribution in [-0.2, 0) is 11.4 Å². The molecule has 0 fully saturated rings. The largest absolute Gasteiger partial charge is 0.485 e. The van der Waals surface area contributed by atoms with E-state index in [-0.39, 0.29) is 24.7 Å². The Labute approximate surface area is 186 Å². The van der Waals surface area contributed by atoms with Gasteiger partial charge in [0.2, 0.25) is 0 Å². The highest BCUT2D eigenvalue weighted by molar-refractivity contribution is 7.15. The zero-order valence-electron chi connectivity index (χ0n) is 16.5. The van der Waals surface area contributed by atoms with Gasteiger partial charge in [0.25, 0.3) is 11.5 Å². The molecule has 0 saturated carbocycles. The fourth-order valence-corrected chi connectivity index (χ4v) is 3.80. The van der Waals surface area contributed by atoms with Crippen molar-refractivity contribution in [2.24, 2.45) is 0 Å². The second-order valence-corrected chi connectivity index (χ2v) is 7.98. The lowest BCUT2D eigenvalue weighted by atomic mass is 10.2. The Bertz CT molecular complexity index is 1300. The van der Waals surface area contributed by atoms with Gasteiger partial charge in [0.15, 0.2) is 11.6 Å². The standard InChI is InChI=1S/C22H18ClN3O4S/c1-14-6-7-19(29-12-15-11-21(28)26-8-9-31-22(26)24-15)17(10-14)25-20(27)13-30-18-5-3-2-4-16(18)23/h2-11H,12-13H2,1H3,(H,25,27). The summed E-state index contributed by atoms with van der Waals surface area (Å²) in [4.78, 5) is 29.6. The first-order chi connectivity index (χ1) is 15.0. The molecular weight excluding hydrogens is 438 g/mol. The number of aryl methyl sites for hydroxylation is 1. The smallest absolute Gasteiger partial charge is 0.262 e. The highest BCUT2D eigenvalue weighted by Gasteiger charge is 2.12. The molecule has 0 spiro atoms. The van der Waals surface area contributed by atoms with Crippen LogP contribution in [0.1, 0.15) is 11.3 Å². The number of benzene rings is 2. The van der Waals surface area contributed by atoms with E-state index in [1.807, 2.05) is 13.0 Å². The lowest BCUT2D eigenvalue weighted by molar-refractivity contribution is -0.118. The molecule has 2 aromatic carbocycles. The van der Waals surface area contributed by atoms with Crippen molar-refractivity contribution in [3.8, 4) is 11.5 Å². The van der Waals surface area contributed by atoms with E-state index in [0.717, 1.165) is 5.56 Å². The fourth-order valence-electron chi connectivity index (χ4n) is 2.87. The zero-order valence-corrected chi connectivity index (χ0v) is 18.1. The van der Waals surface area contributed by atoms with E-state index in [0.29, 0.717) is 32.9 Å². The average molecular weight is 456 g/mol. The molecule has 0 aliphatic carbocycles. The average Bonchev–Trinajstić information content (AvgIpc) is 3.22. The van der Waals surface area contributed by atoms with Crippen molar-refractivity contribution in [2.75, 3.05) is 11.9 Å². The normalized spacial score (nSPS) is 10.8. The van der Waals surface area contributed by atoms with E-state index in [4.69, 9.17) is 21.1 Å². The van der Waals surface area contributed by atoms with Gasteiger partial charge in [0.1, 0.15) is 18.1 Å². The summed E-state index contributed by atoms with van der Waals surface area (Å²) in [6.07, 6.45) is 1.68. The van der Waals surface area contributed by atoms with Crippen LogP contribution in [0.15, 0.2) is 64.9 Å². The molecule has 0 aliphatic heterocycles. The summed E-state index contributed by atoms with van der Waals surface area (Å²) in [6, 6.07) is 13.8. The number of carbonyl (C=O) groups excluding carboxylic acids is 1. The van der Waals surface area contributed by atoms with Crippen LogP contribution in [0.4, 0.5) is 5.69 Å². The number of anilines is 1. The summed E-state index contributed by atoms with van der Waals surface area (Å²) in [6.45, 7) is 1.79. The van der Waals surface area contributed by atoms with Crippen LogP contribution in [0.25, 0.3) is 4.96 Å². The number of para-hydroxylation sites is 1. The number of nitrogens with zero attached hydrogens (tertiary/aromatic N) is 2. The first-order valence-electron chi connectivity index (χ1n) is 9.36. The molecular formula is C22H18ClN3O4S. The number of thiazole rings is 1. The van der Waals surface area contributed by atoms with Crippen molar-refractivity contribution >= 4 is 39.5 Å². The van der Waals surface area contributed by atoms with Gasteiger partial charge in [-0.1, -0.05) is 29.8 Å². The van der Waals surface area contributed by atoms with Gasteiger partial charge < -0.3 is 14.8 Å². The molecule has 0 unspecified atom stereocenters. The van der Waals surface area contributed by atoms with Crippen LogP contribution in [0, 0.1) is 6.92 Å². The van der Waals surface area contributed by atoms with Crippen molar-refractivity contribution in [1.29, 1.82) is 0 Å². The van der Waals surface area contributed by atoms with E-state index in [1.54, 1.807) is 48.0 Å². The molecule has 0 radical (unpaired) electrons. The van der Waals surface area contributed by atoms with E-state index in [2.05, 4.69) is 10.3 Å². The van der Waals surface area contributed by atoms with Gasteiger partial charge in [-0.2, -0.15) is 0 Å². The maximum Gasteiger partial charge on any atom is 0.262 e. The third-order valence-corrected chi connectivity index (χ3v) is 5.41. The molecule has 0 aliphatic rings. The van der Waals surface area contributed by atoms with Crippen molar-refractivity contribution in [1.82, 2.24) is 9.38 Å². The number of rotatable bonds is 7. The van der Waals surface area contributed by atoms with Crippen LogP contribution >= 0.6 is 22.9 Å². The number of hydrogen-bond donors (Lipinski definition) is 1. The summed E-state index contributed by atoms with van der Waals surface area (Å²) < 4.78 is 12.8. The number of aromatic nitrogens is 2. The predicted octanol–water partition coefficient (Wildman–Crippen LogP) is 4.31. The number of carbonyl (C=O) groups is 1. The number of nitrogens with one attached hydrogen (secondary N) is 1. The van der Waals surface area contributed by atoms with Gasteiger partial charge in [-0.15, -0.1) is 11.3 Å². The third kappa shape index (κ3) is 5.04. The fraction of sp³-hybridized carbons (Fsp3) is 0.136. The molecule has 31 heavy (non-hydrogen) atoms. The second kappa shape index (κ2) is 9.20. The van der Waals surface area contributed by atoms with Gasteiger partial charge in [0.05, 0.1) is 16.4 Å². The van der Waals surface area contributed by atoms with Gasteiger partial charge in [-0.3, -0.25) is 14.0 Å². The maximum atomic E-state index is 12.4. The highest BCUT2D eigenvalue weighted by atomic mass is 35.5. The first kappa shape index (κ1) is 20.9. The monoisotopic (exact) mass is 455 g/mol. The molecule has 7 nitrogen and oxygen atoms in total. The van der Waals surface area contributed by atoms with E-state index in [1.165, 1.54) is 21.8 Å². The zero-order chi connectivity index (χ0) is 21.8. The molecule has 2 aromatic heterocycles. The molecule has 4 aromatic rings. The number of halogens is 1. The van der Waals surface area contributed by atoms with Crippen molar-refractivity contribution < 1.29 is 14.3 Å². The molecule has 0 atom stereocenters. The van der Waals surface area contributed by atoms with E-state index in [9.17, 15) is 9.59 Å². The molecule has 158 valence electrons. The van der Waals surface area contributed by atoms with E-state index < -0.39 is 0 Å². The quantitative estimate of drug-likeness (QED) is 0.449. The molecule has 9 heteroatoms. The van der Waals surface area contributed by atoms with Gasteiger partial charge >= 0.3 is 0 Å². The third-order valence-electron chi connectivity index (χ3n) is 4.34. The van der Waals surface area contributed by atoms with Gasteiger partial charge in [-0.25, -0.2) is 4.98 Å². The van der Waals surface area contributed by atoms with Gasteiger partial charge in [0, 0.05) is 17.6 Å². The minimum absolute atomic E-state index is 0.0890. The molecule has 1 N–H and O–H groups in total. The number of ether oxygens (including phenoxy) is 2. The number of amides is 1. The molecule has 0 saturated heterocycles. The Kier molecular flexibility index (Phi) is 6.20. The van der Waals surface area contributed by atoms with Crippen LogP contribution in [-0.4, -0.2) is 21.9 Å². The molecule has 2 heterocycles. The summed E-state index contributed by atoms with van der Waals surface area (Å²) in [5.74, 6) is 0.540. The summed E-state index contributed by atoms with van der Waals surface area (Å²) >= 11 is 7.42. The van der Waals surface area contributed by atoms with Crippen LogP contribution in [0.2, 0.25) is 5.02 Å². The lowest BCUT2D eigenvalue weighted by Crippen LogP contribution is -2.21. The van der Waals surface area contributed by atoms with Crippen LogP contribution in [0.5, 0.6) is 11.5 Å². The van der Waals surface area contributed by atoms with Gasteiger partial charge in [-0.05, 0) is 36.8 Å². The Morgan fingerprint density at radius 1 is 1.16 bits per heavy atom. The topological polar surface area (TPSA) is 81.9 Å². The van der Waals surface area contributed by atoms with E-state index >= 15 is 0 Å². The van der Waals surface area contributed by atoms with Crippen LogP contribution in [0.3, 0.4) is 0 Å². The summed E-state index contributed by atoms with van der Waals surface area (Å²) in [5.41, 5.74) is 1.79. The lowest BCUT2D eigenvalue weighted by Gasteiger charge is -2.14. The second-order valence-electron chi connectivity index (χ2n) is 6.70. The minimum atomic E-state index is -0.355. The molecule has 0 bridgehead atoms. The first-order valence-corrected chi connectivity index (χ1v) is 10.6. The molecule has 4 rings (SSSR count). The van der Waals surface area contributed by atoms with Crippen molar-refractivity contribution in [3.05, 3.63) is 86.7 Å². The maximum absolute atomic E-state index is 12.4. The highest BCUT2D eigenvalue weighted by Crippen LogP contribution is 2.27. The van der Waals surface area contributed by atoms with Crippen molar-refractivity contribution in [2.45, 2.75) is 13.5 Å². The molecule has 1 amide bonds. The Hall–Kier alpha value is -3.36. The predicted molar refractivity (Wildman–Crippen MR) is 120 cm³/mol. The number of hydrogen-bond acceptors (Lipinski definition) is 6. The SMILES string of the molecule is Cc1ccc(OCc2cc(=O)n3ccsc3n2)c(NC(=O)COc2ccccc2Cl)c1. The summed E-state index contributed by atoms with van der Waals surface area (Å²) in [7, 11) is 0. The minimum Gasteiger partial charge on any atom is -0.485 e. The van der Waals surface area contributed by atoms with Crippen molar-refractivity contribution in [3.63, 3.8) is 0 Å². The van der Waals surface area contributed by atoms with Crippen LogP contribution < -0.4 is 20.3 Å². The Morgan fingerprint density at radius 2 is 2.00 bits per heavy atom.